The first-order valence-electron chi connectivity index (χ1n) is 8.63. The standard InChI is InChI=1S/C20H24N2O/c23-12-7-20(22-10-8-21-9-11-22)16-5-6-19-17(14-16)13-15-3-1-2-4-18(15)19/h1-6,14,20-21,23H,7-13H2/t20-/m0/s1. The first-order valence-corrected chi connectivity index (χ1v) is 8.63. The molecule has 1 aliphatic heterocycles. The van der Waals surface area contributed by atoms with E-state index in [0.29, 0.717) is 6.04 Å². The van der Waals surface area contributed by atoms with E-state index in [4.69, 9.17) is 0 Å². The molecule has 1 fully saturated rings. The van der Waals surface area contributed by atoms with Crippen LogP contribution in [-0.4, -0.2) is 42.8 Å². The summed E-state index contributed by atoms with van der Waals surface area (Å²) in [6.45, 7) is 4.44. The maximum Gasteiger partial charge on any atom is 0.0449 e. The minimum atomic E-state index is 0.242. The topological polar surface area (TPSA) is 35.5 Å². The maximum atomic E-state index is 9.52. The lowest BCUT2D eigenvalue weighted by atomic mass is 9.96. The fraction of sp³-hybridized carbons (Fsp3) is 0.400. The van der Waals surface area contributed by atoms with Crippen molar-refractivity contribution in [2.75, 3.05) is 32.8 Å². The quantitative estimate of drug-likeness (QED) is 0.778. The molecule has 1 heterocycles. The summed E-state index contributed by atoms with van der Waals surface area (Å²) >= 11 is 0. The van der Waals surface area contributed by atoms with Crippen molar-refractivity contribution >= 4 is 0 Å². The van der Waals surface area contributed by atoms with Gasteiger partial charge in [-0.2, -0.15) is 0 Å². The Morgan fingerprint density at radius 2 is 1.78 bits per heavy atom. The Labute approximate surface area is 138 Å². The molecule has 120 valence electrons. The van der Waals surface area contributed by atoms with E-state index < -0.39 is 0 Å². The largest absolute Gasteiger partial charge is 0.396 e. The molecule has 23 heavy (non-hydrogen) atoms. The third-order valence-corrected chi connectivity index (χ3v) is 5.20. The van der Waals surface area contributed by atoms with E-state index >= 15 is 0 Å². The normalized spacial score (nSPS) is 18.5. The van der Waals surface area contributed by atoms with Crippen LogP contribution >= 0.6 is 0 Å². The van der Waals surface area contributed by atoms with Crippen LogP contribution in [0.3, 0.4) is 0 Å². The number of aliphatic hydroxyl groups is 1. The van der Waals surface area contributed by atoms with Gasteiger partial charge in [-0.1, -0.05) is 42.5 Å². The molecule has 1 atom stereocenters. The van der Waals surface area contributed by atoms with Crippen molar-refractivity contribution in [1.29, 1.82) is 0 Å². The van der Waals surface area contributed by atoms with E-state index in [0.717, 1.165) is 39.0 Å². The Balaban J connectivity index is 1.65. The van der Waals surface area contributed by atoms with Crippen molar-refractivity contribution in [3.05, 3.63) is 59.2 Å². The minimum absolute atomic E-state index is 0.242. The summed E-state index contributed by atoms with van der Waals surface area (Å²) in [5.41, 5.74) is 6.98. The zero-order valence-electron chi connectivity index (χ0n) is 13.5. The van der Waals surface area contributed by atoms with Crippen LogP contribution in [0.1, 0.15) is 29.2 Å². The number of fused-ring (bicyclic) bond motifs is 3. The predicted octanol–water partition coefficient (Wildman–Crippen LogP) is 2.59. The van der Waals surface area contributed by atoms with Gasteiger partial charge >= 0.3 is 0 Å². The van der Waals surface area contributed by atoms with E-state index in [2.05, 4.69) is 52.7 Å². The maximum absolute atomic E-state index is 9.52. The highest BCUT2D eigenvalue weighted by atomic mass is 16.3. The average Bonchev–Trinajstić information content (AvgIpc) is 2.98. The number of aliphatic hydroxyl groups excluding tert-OH is 1. The van der Waals surface area contributed by atoms with Crippen molar-refractivity contribution in [3.8, 4) is 11.1 Å². The number of benzene rings is 2. The van der Waals surface area contributed by atoms with Crippen LogP contribution in [0.15, 0.2) is 42.5 Å². The molecular formula is C20H24N2O. The first kappa shape index (κ1) is 14.9. The van der Waals surface area contributed by atoms with Crippen LogP contribution in [0, 0.1) is 0 Å². The van der Waals surface area contributed by atoms with Gasteiger partial charge in [0.1, 0.15) is 0 Å². The lowest BCUT2D eigenvalue weighted by Gasteiger charge is -2.35. The average molecular weight is 308 g/mol. The van der Waals surface area contributed by atoms with Gasteiger partial charge in [0.05, 0.1) is 0 Å². The molecule has 0 aromatic heterocycles. The Morgan fingerprint density at radius 3 is 2.61 bits per heavy atom. The molecule has 2 aromatic carbocycles. The van der Waals surface area contributed by atoms with Gasteiger partial charge in [0.2, 0.25) is 0 Å². The van der Waals surface area contributed by atoms with Gasteiger partial charge in [-0.3, -0.25) is 4.90 Å². The SMILES string of the molecule is OCC[C@@H](c1ccc2c(c1)Cc1ccccc1-2)N1CCNCC1. The predicted molar refractivity (Wildman–Crippen MR) is 93.6 cm³/mol. The van der Waals surface area contributed by atoms with E-state index in [1.165, 1.54) is 27.8 Å². The number of nitrogens with one attached hydrogen (secondary N) is 1. The Hall–Kier alpha value is -1.68. The fourth-order valence-corrected chi connectivity index (χ4v) is 4.05. The van der Waals surface area contributed by atoms with E-state index in [1.807, 2.05) is 0 Å². The van der Waals surface area contributed by atoms with Crippen LogP contribution in [0.2, 0.25) is 0 Å². The molecule has 2 aliphatic rings. The van der Waals surface area contributed by atoms with E-state index in [9.17, 15) is 5.11 Å². The molecule has 0 amide bonds. The van der Waals surface area contributed by atoms with Crippen molar-refractivity contribution in [2.45, 2.75) is 18.9 Å². The zero-order valence-corrected chi connectivity index (χ0v) is 13.5. The van der Waals surface area contributed by atoms with Gasteiger partial charge in [0.25, 0.3) is 0 Å². The second kappa shape index (κ2) is 6.44. The second-order valence-electron chi connectivity index (χ2n) is 6.56. The molecule has 1 aliphatic carbocycles. The Kier molecular flexibility index (Phi) is 4.17. The molecule has 4 rings (SSSR count). The summed E-state index contributed by atoms with van der Waals surface area (Å²) < 4.78 is 0. The smallest absolute Gasteiger partial charge is 0.0449 e. The van der Waals surface area contributed by atoms with Crippen LogP contribution in [0.25, 0.3) is 11.1 Å². The van der Waals surface area contributed by atoms with Crippen molar-refractivity contribution in [1.82, 2.24) is 10.2 Å². The molecule has 0 saturated carbocycles. The molecule has 0 spiro atoms. The lowest BCUT2D eigenvalue weighted by molar-refractivity contribution is 0.141. The monoisotopic (exact) mass is 308 g/mol. The molecule has 3 nitrogen and oxygen atoms in total. The molecule has 1 saturated heterocycles. The Bertz CT molecular complexity index is 692. The fourth-order valence-electron chi connectivity index (χ4n) is 4.05. The highest BCUT2D eigenvalue weighted by Gasteiger charge is 2.24. The van der Waals surface area contributed by atoms with Gasteiger partial charge in [-0.25, -0.2) is 0 Å². The van der Waals surface area contributed by atoms with Crippen molar-refractivity contribution in [3.63, 3.8) is 0 Å². The van der Waals surface area contributed by atoms with Crippen LogP contribution < -0.4 is 5.32 Å². The van der Waals surface area contributed by atoms with Crippen molar-refractivity contribution < 1.29 is 5.11 Å². The third kappa shape index (κ3) is 2.80. The minimum Gasteiger partial charge on any atom is -0.396 e. The molecule has 2 N–H and O–H groups in total. The molecule has 0 unspecified atom stereocenters. The van der Waals surface area contributed by atoms with Crippen LogP contribution in [-0.2, 0) is 6.42 Å². The summed E-state index contributed by atoms with van der Waals surface area (Å²) in [6, 6.07) is 16.0. The molecular weight excluding hydrogens is 284 g/mol. The molecule has 2 aromatic rings. The number of hydrogen-bond acceptors (Lipinski definition) is 3. The number of piperazine rings is 1. The first-order chi connectivity index (χ1) is 11.4. The van der Waals surface area contributed by atoms with Crippen molar-refractivity contribution in [2.24, 2.45) is 0 Å². The third-order valence-electron chi connectivity index (χ3n) is 5.20. The summed E-state index contributed by atoms with van der Waals surface area (Å²) in [5.74, 6) is 0. The summed E-state index contributed by atoms with van der Waals surface area (Å²) in [6.07, 6.45) is 1.85. The highest BCUT2D eigenvalue weighted by Crippen LogP contribution is 2.38. The van der Waals surface area contributed by atoms with Crippen LogP contribution in [0.4, 0.5) is 0 Å². The van der Waals surface area contributed by atoms with Gasteiger partial charge in [0.15, 0.2) is 0 Å². The summed E-state index contributed by atoms with van der Waals surface area (Å²) in [4.78, 5) is 2.51. The number of nitrogens with zero attached hydrogens (tertiary/aromatic N) is 1. The lowest BCUT2D eigenvalue weighted by Crippen LogP contribution is -2.45. The molecule has 3 heteroatoms. The second-order valence-corrected chi connectivity index (χ2v) is 6.56. The van der Waals surface area contributed by atoms with E-state index in [-0.39, 0.29) is 6.61 Å². The summed E-state index contributed by atoms with van der Waals surface area (Å²) in [7, 11) is 0. The molecule has 0 radical (unpaired) electrons. The van der Waals surface area contributed by atoms with Gasteiger partial charge in [-0.15, -0.1) is 0 Å². The van der Waals surface area contributed by atoms with E-state index in [1.54, 1.807) is 0 Å². The van der Waals surface area contributed by atoms with Gasteiger partial charge in [-0.05, 0) is 40.7 Å². The number of hydrogen-bond donors (Lipinski definition) is 2. The zero-order chi connectivity index (χ0) is 15.6. The summed E-state index contributed by atoms with van der Waals surface area (Å²) in [5, 5.41) is 12.9. The van der Waals surface area contributed by atoms with Gasteiger partial charge in [0, 0.05) is 38.8 Å². The van der Waals surface area contributed by atoms with Gasteiger partial charge < -0.3 is 10.4 Å². The van der Waals surface area contributed by atoms with Crippen LogP contribution in [0.5, 0.6) is 0 Å². The Morgan fingerprint density at radius 1 is 1.00 bits per heavy atom. The number of rotatable bonds is 4. The highest BCUT2D eigenvalue weighted by molar-refractivity contribution is 5.77. The molecule has 0 bridgehead atoms.